The van der Waals surface area contributed by atoms with Crippen LogP contribution in [0.1, 0.15) is 27.2 Å². The fourth-order valence-corrected chi connectivity index (χ4v) is 4.74. The van der Waals surface area contributed by atoms with E-state index in [9.17, 15) is 14.7 Å². The average Bonchev–Trinajstić information content (AvgIpc) is 3.19. The minimum absolute atomic E-state index is 0.315. The number of fused-ring (bicyclic) bond motifs is 1. The van der Waals surface area contributed by atoms with Gasteiger partial charge in [0.2, 0.25) is 0 Å². The fraction of sp³-hybridized carbons (Fsp3) is 0.143. The summed E-state index contributed by atoms with van der Waals surface area (Å²) in [7, 11) is 0. The molecule has 2 heterocycles. The quantitative estimate of drug-likeness (QED) is 0.517. The molecule has 142 valence electrons. The molecule has 2 aromatic carbocycles. The van der Waals surface area contributed by atoms with Crippen molar-refractivity contribution in [3.05, 3.63) is 85.5 Å². The number of hydrogen-bond acceptors (Lipinski definition) is 4. The molecule has 4 nitrogen and oxygen atoms in total. The summed E-state index contributed by atoms with van der Waals surface area (Å²) in [4.78, 5) is 27.9. The highest BCUT2D eigenvalue weighted by Gasteiger charge is 2.51. The van der Waals surface area contributed by atoms with Gasteiger partial charge >= 0.3 is 0 Å². The molecule has 1 aliphatic rings. The maximum Gasteiger partial charge on any atom is 0.264 e. The Morgan fingerprint density at radius 1 is 1.14 bits per heavy atom. The molecule has 28 heavy (non-hydrogen) atoms. The minimum atomic E-state index is -1.92. The van der Waals surface area contributed by atoms with E-state index in [1.807, 2.05) is 36.4 Å². The molecule has 0 aliphatic carbocycles. The van der Waals surface area contributed by atoms with Crippen LogP contribution in [0, 0.1) is 0 Å². The van der Waals surface area contributed by atoms with Crippen molar-refractivity contribution in [2.24, 2.45) is 0 Å². The van der Waals surface area contributed by atoms with Crippen molar-refractivity contribution in [1.82, 2.24) is 0 Å². The Hall–Kier alpha value is -1.99. The lowest BCUT2D eigenvalue weighted by molar-refractivity contribution is -0.136. The zero-order valence-electron chi connectivity index (χ0n) is 14.6. The molecule has 1 amide bonds. The van der Waals surface area contributed by atoms with Crippen molar-refractivity contribution in [1.29, 1.82) is 0 Å². The fourth-order valence-electron chi connectivity index (χ4n) is 3.40. The highest BCUT2D eigenvalue weighted by atomic mass is 79.9. The summed E-state index contributed by atoms with van der Waals surface area (Å²) >= 11 is 10.5. The maximum absolute atomic E-state index is 13.3. The van der Waals surface area contributed by atoms with Gasteiger partial charge in [0.05, 0.1) is 27.9 Å². The number of anilines is 1. The highest BCUT2D eigenvalue weighted by Crippen LogP contribution is 2.45. The minimum Gasteiger partial charge on any atom is -0.375 e. The largest absolute Gasteiger partial charge is 0.375 e. The summed E-state index contributed by atoms with van der Waals surface area (Å²) in [6.45, 7) is 0.315. The molecule has 0 saturated carbocycles. The molecule has 0 saturated heterocycles. The number of ketones is 1. The van der Waals surface area contributed by atoms with Gasteiger partial charge in [0.15, 0.2) is 11.4 Å². The standard InChI is InChI=1S/C21H15BrClNO3S/c22-14-6-7-16-15(10-14)21(27,11-17(25)18-8-9-19(23)28-18)20(26)24(16)12-13-4-2-1-3-5-13/h1-10,27H,11-12H2/t21-/m1/s1. The van der Waals surface area contributed by atoms with Crippen LogP contribution in [0.3, 0.4) is 0 Å². The van der Waals surface area contributed by atoms with E-state index >= 15 is 0 Å². The highest BCUT2D eigenvalue weighted by molar-refractivity contribution is 9.10. The van der Waals surface area contributed by atoms with E-state index in [0.29, 0.717) is 27.0 Å². The Labute approximate surface area is 179 Å². The molecule has 0 fully saturated rings. The molecule has 1 N–H and O–H groups in total. The molecule has 3 aromatic rings. The first-order valence-corrected chi connectivity index (χ1v) is 10.5. The number of amides is 1. The van der Waals surface area contributed by atoms with E-state index in [1.54, 1.807) is 24.3 Å². The second-order valence-electron chi connectivity index (χ2n) is 6.60. The van der Waals surface area contributed by atoms with Crippen molar-refractivity contribution in [2.45, 2.75) is 18.6 Å². The number of nitrogens with zero attached hydrogens (tertiary/aromatic N) is 1. The number of Topliss-reactive ketones (excluding diaryl/α,β-unsaturated/α-hetero) is 1. The molecule has 0 spiro atoms. The van der Waals surface area contributed by atoms with Gasteiger partial charge in [-0.1, -0.05) is 57.9 Å². The Kier molecular flexibility index (Phi) is 5.14. The van der Waals surface area contributed by atoms with Crippen molar-refractivity contribution in [3.63, 3.8) is 0 Å². The summed E-state index contributed by atoms with van der Waals surface area (Å²) in [6.07, 6.45) is -0.336. The van der Waals surface area contributed by atoms with Crippen LogP contribution in [-0.2, 0) is 16.9 Å². The van der Waals surface area contributed by atoms with Crippen LogP contribution in [0.25, 0.3) is 0 Å². The number of thiophene rings is 1. The average molecular weight is 477 g/mol. The Balaban J connectivity index is 1.72. The van der Waals surface area contributed by atoms with Gasteiger partial charge in [-0.3, -0.25) is 9.59 Å². The number of carbonyl (C=O) groups is 2. The van der Waals surface area contributed by atoms with Crippen LogP contribution in [0.4, 0.5) is 5.69 Å². The van der Waals surface area contributed by atoms with Crippen molar-refractivity contribution in [2.75, 3.05) is 4.90 Å². The summed E-state index contributed by atoms with van der Waals surface area (Å²) in [5.74, 6) is -0.819. The van der Waals surface area contributed by atoms with Gasteiger partial charge in [-0.05, 0) is 35.9 Å². The van der Waals surface area contributed by atoms with Gasteiger partial charge in [0.25, 0.3) is 5.91 Å². The smallest absolute Gasteiger partial charge is 0.264 e. The maximum atomic E-state index is 13.3. The van der Waals surface area contributed by atoms with Crippen LogP contribution >= 0.6 is 38.9 Å². The number of carbonyl (C=O) groups excluding carboxylic acids is 2. The van der Waals surface area contributed by atoms with Crippen LogP contribution in [0.5, 0.6) is 0 Å². The lowest BCUT2D eigenvalue weighted by Crippen LogP contribution is -2.41. The molecule has 1 atom stereocenters. The Bertz CT molecular complexity index is 1070. The molecular formula is C21H15BrClNO3S. The summed E-state index contributed by atoms with van der Waals surface area (Å²) in [5.41, 5.74) is 0.0576. The number of benzene rings is 2. The first kappa shape index (κ1) is 19.3. The van der Waals surface area contributed by atoms with Gasteiger partial charge in [-0.25, -0.2) is 0 Å². The van der Waals surface area contributed by atoms with Crippen LogP contribution in [0.15, 0.2) is 65.1 Å². The number of aliphatic hydroxyl groups is 1. The third-order valence-corrected chi connectivity index (χ3v) is 6.51. The second-order valence-corrected chi connectivity index (χ2v) is 9.23. The van der Waals surface area contributed by atoms with E-state index in [0.717, 1.165) is 21.4 Å². The molecule has 1 aliphatic heterocycles. The van der Waals surface area contributed by atoms with Gasteiger partial charge in [0.1, 0.15) is 0 Å². The van der Waals surface area contributed by atoms with Crippen LogP contribution in [0.2, 0.25) is 4.34 Å². The van der Waals surface area contributed by atoms with E-state index < -0.39 is 11.5 Å². The third-order valence-electron chi connectivity index (χ3n) is 4.74. The molecule has 0 bridgehead atoms. The zero-order chi connectivity index (χ0) is 19.9. The predicted molar refractivity (Wildman–Crippen MR) is 114 cm³/mol. The molecule has 4 rings (SSSR count). The Morgan fingerprint density at radius 3 is 2.57 bits per heavy atom. The number of halogens is 2. The summed E-state index contributed by atoms with van der Waals surface area (Å²) in [6, 6.07) is 18.1. The van der Waals surface area contributed by atoms with Gasteiger partial charge in [-0.15, -0.1) is 11.3 Å². The lowest BCUT2D eigenvalue weighted by Gasteiger charge is -2.22. The topological polar surface area (TPSA) is 57.6 Å². The Morgan fingerprint density at radius 2 is 1.89 bits per heavy atom. The lowest BCUT2D eigenvalue weighted by atomic mass is 9.89. The van der Waals surface area contributed by atoms with Gasteiger partial charge < -0.3 is 10.0 Å². The number of rotatable bonds is 5. The van der Waals surface area contributed by atoms with Gasteiger partial charge in [-0.2, -0.15) is 0 Å². The van der Waals surface area contributed by atoms with E-state index in [2.05, 4.69) is 15.9 Å². The monoisotopic (exact) mass is 475 g/mol. The SMILES string of the molecule is O=C(C[C@]1(O)C(=O)N(Cc2ccccc2)c2ccc(Br)cc21)c1ccc(Cl)s1. The van der Waals surface area contributed by atoms with Crippen LogP contribution in [-0.4, -0.2) is 16.8 Å². The van der Waals surface area contributed by atoms with Crippen molar-refractivity contribution < 1.29 is 14.7 Å². The van der Waals surface area contributed by atoms with Crippen molar-refractivity contribution >= 4 is 56.2 Å². The first-order valence-electron chi connectivity index (χ1n) is 8.55. The molecule has 1 aromatic heterocycles. The van der Waals surface area contributed by atoms with Gasteiger partial charge in [0, 0.05) is 10.0 Å². The van der Waals surface area contributed by atoms with Crippen molar-refractivity contribution in [3.8, 4) is 0 Å². The molecular weight excluding hydrogens is 462 g/mol. The molecule has 0 unspecified atom stereocenters. The number of hydrogen-bond donors (Lipinski definition) is 1. The van der Waals surface area contributed by atoms with Crippen LogP contribution < -0.4 is 4.90 Å². The van der Waals surface area contributed by atoms with E-state index in [1.165, 1.54) is 4.90 Å². The normalized spacial score (nSPS) is 18.4. The molecule has 7 heteroatoms. The van der Waals surface area contributed by atoms with E-state index in [-0.39, 0.29) is 12.2 Å². The third kappa shape index (κ3) is 3.42. The summed E-state index contributed by atoms with van der Waals surface area (Å²) in [5, 5.41) is 11.4. The van der Waals surface area contributed by atoms with E-state index in [4.69, 9.17) is 11.6 Å². The second kappa shape index (κ2) is 7.44. The predicted octanol–water partition coefficient (Wildman–Crippen LogP) is 5.17. The summed E-state index contributed by atoms with van der Waals surface area (Å²) < 4.78 is 1.22. The molecule has 0 radical (unpaired) electrons. The first-order chi connectivity index (χ1) is 13.4. The zero-order valence-corrected chi connectivity index (χ0v) is 17.7.